The molecule has 0 aliphatic carbocycles. The minimum Gasteiger partial charge on any atom is -0.294 e. The molecule has 0 bridgehead atoms. The summed E-state index contributed by atoms with van der Waals surface area (Å²) in [6, 6.07) is 13.3. The first-order valence-electron chi connectivity index (χ1n) is 8.76. The summed E-state index contributed by atoms with van der Waals surface area (Å²) in [7, 11) is 0. The molecule has 2 aromatic carbocycles. The predicted octanol–water partition coefficient (Wildman–Crippen LogP) is 5.26. The Bertz CT molecular complexity index is 1240. The van der Waals surface area contributed by atoms with Crippen LogP contribution in [-0.2, 0) is 12.6 Å². The Morgan fingerprint density at radius 2 is 1.72 bits per heavy atom. The lowest BCUT2D eigenvalue weighted by atomic mass is 10.1. The minimum atomic E-state index is -4.42. The standard InChI is InChI=1S/C21H15ClF3N3O/c1-12-17(10-13-2-8-16(22)9-3-13)20-26-18(11-19(29)28(20)27-12)14-4-6-15(7-5-14)21(23,24)25/h2-9,11,27H,10H2,1H3. The van der Waals surface area contributed by atoms with Gasteiger partial charge in [0, 0.05) is 34.3 Å². The number of rotatable bonds is 3. The highest BCUT2D eigenvalue weighted by atomic mass is 35.5. The third-order valence-corrected chi connectivity index (χ3v) is 4.97. The quantitative estimate of drug-likeness (QED) is 0.494. The fraction of sp³-hybridized carbons (Fsp3) is 0.143. The van der Waals surface area contributed by atoms with Crippen molar-refractivity contribution in [1.29, 1.82) is 0 Å². The molecule has 29 heavy (non-hydrogen) atoms. The molecule has 1 N–H and O–H groups in total. The van der Waals surface area contributed by atoms with Gasteiger partial charge in [-0.2, -0.15) is 13.2 Å². The maximum atomic E-state index is 12.8. The molecule has 4 nitrogen and oxygen atoms in total. The highest BCUT2D eigenvalue weighted by Crippen LogP contribution is 2.30. The summed E-state index contributed by atoms with van der Waals surface area (Å²) in [5.41, 5.74) is 2.73. The van der Waals surface area contributed by atoms with Crippen molar-refractivity contribution in [3.63, 3.8) is 0 Å². The number of H-pyrrole nitrogens is 1. The van der Waals surface area contributed by atoms with Crippen LogP contribution >= 0.6 is 11.6 Å². The summed E-state index contributed by atoms with van der Waals surface area (Å²) in [6.07, 6.45) is -3.89. The third kappa shape index (κ3) is 3.78. The van der Waals surface area contributed by atoms with Gasteiger partial charge in [0.25, 0.3) is 5.56 Å². The average Bonchev–Trinajstić information content (AvgIpc) is 2.99. The molecule has 8 heteroatoms. The third-order valence-electron chi connectivity index (χ3n) is 4.72. The number of fused-ring (bicyclic) bond motifs is 1. The average molecular weight is 418 g/mol. The number of hydrogen-bond acceptors (Lipinski definition) is 2. The number of aromatic nitrogens is 3. The lowest BCUT2D eigenvalue weighted by Crippen LogP contribution is -2.14. The molecule has 148 valence electrons. The van der Waals surface area contributed by atoms with E-state index in [2.05, 4.69) is 10.1 Å². The molecule has 2 aromatic heterocycles. The van der Waals surface area contributed by atoms with Crippen molar-refractivity contribution in [1.82, 2.24) is 14.6 Å². The normalized spacial score (nSPS) is 11.9. The van der Waals surface area contributed by atoms with Gasteiger partial charge in [-0.15, -0.1) is 0 Å². The van der Waals surface area contributed by atoms with E-state index in [4.69, 9.17) is 11.6 Å². The van der Waals surface area contributed by atoms with Crippen LogP contribution in [0.15, 0.2) is 59.4 Å². The van der Waals surface area contributed by atoms with Gasteiger partial charge >= 0.3 is 6.18 Å². The van der Waals surface area contributed by atoms with E-state index in [1.165, 1.54) is 22.7 Å². The van der Waals surface area contributed by atoms with Crippen LogP contribution in [0, 0.1) is 6.92 Å². The van der Waals surface area contributed by atoms with Crippen molar-refractivity contribution in [2.75, 3.05) is 0 Å². The lowest BCUT2D eigenvalue weighted by molar-refractivity contribution is -0.137. The van der Waals surface area contributed by atoms with Crippen LogP contribution in [-0.4, -0.2) is 14.6 Å². The largest absolute Gasteiger partial charge is 0.416 e. The summed E-state index contributed by atoms with van der Waals surface area (Å²) >= 11 is 5.93. The van der Waals surface area contributed by atoms with E-state index in [1.807, 2.05) is 19.1 Å². The number of halogens is 4. The molecule has 4 aromatic rings. The van der Waals surface area contributed by atoms with Crippen LogP contribution in [0.4, 0.5) is 13.2 Å². The van der Waals surface area contributed by atoms with E-state index in [-0.39, 0.29) is 5.56 Å². The van der Waals surface area contributed by atoms with Crippen molar-refractivity contribution < 1.29 is 13.2 Å². The van der Waals surface area contributed by atoms with Crippen molar-refractivity contribution in [3.8, 4) is 11.3 Å². The molecule has 0 unspecified atom stereocenters. The number of nitrogens with zero attached hydrogens (tertiary/aromatic N) is 2. The zero-order chi connectivity index (χ0) is 20.8. The van der Waals surface area contributed by atoms with Crippen molar-refractivity contribution in [3.05, 3.63) is 92.4 Å². The van der Waals surface area contributed by atoms with Gasteiger partial charge in [0.15, 0.2) is 5.65 Å². The molecule has 0 saturated carbocycles. The molecule has 0 radical (unpaired) electrons. The highest BCUT2D eigenvalue weighted by Gasteiger charge is 2.30. The molecular weight excluding hydrogens is 403 g/mol. The van der Waals surface area contributed by atoms with Crippen LogP contribution in [0.2, 0.25) is 5.02 Å². The van der Waals surface area contributed by atoms with E-state index in [9.17, 15) is 18.0 Å². The molecule has 2 heterocycles. The number of hydrogen-bond donors (Lipinski definition) is 1. The second-order valence-corrected chi connectivity index (χ2v) is 7.17. The highest BCUT2D eigenvalue weighted by molar-refractivity contribution is 6.30. The molecule has 0 amide bonds. The Morgan fingerprint density at radius 1 is 1.07 bits per heavy atom. The van der Waals surface area contributed by atoms with Crippen LogP contribution in [0.3, 0.4) is 0 Å². The van der Waals surface area contributed by atoms with E-state index >= 15 is 0 Å². The summed E-state index contributed by atoms with van der Waals surface area (Å²) in [5, 5.41) is 3.63. The fourth-order valence-corrected chi connectivity index (χ4v) is 3.32. The maximum absolute atomic E-state index is 12.8. The van der Waals surface area contributed by atoms with E-state index < -0.39 is 11.7 Å². The molecule has 0 aliphatic heterocycles. The maximum Gasteiger partial charge on any atom is 0.416 e. The van der Waals surface area contributed by atoms with Gasteiger partial charge < -0.3 is 0 Å². The second-order valence-electron chi connectivity index (χ2n) is 6.73. The molecule has 0 fully saturated rings. The lowest BCUT2D eigenvalue weighted by Gasteiger charge is -2.08. The minimum absolute atomic E-state index is 0.320. The van der Waals surface area contributed by atoms with Crippen molar-refractivity contribution in [2.45, 2.75) is 19.5 Å². The monoisotopic (exact) mass is 417 g/mol. The summed E-state index contributed by atoms with van der Waals surface area (Å²) < 4.78 is 39.7. The van der Waals surface area contributed by atoms with Gasteiger partial charge in [0.05, 0.1) is 11.3 Å². The fourth-order valence-electron chi connectivity index (χ4n) is 3.19. The molecule has 0 spiro atoms. The van der Waals surface area contributed by atoms with Gasteiger partial charge in [-0.3, -0.25) is 9.89 Å². The van der Waals surface area contributed by atoms with Crippen LogP contribution < -0.4 is 5.56 Å². The van der Waals surface area contributed by atoms with E-state index in [0.717, 1.165) is 29.0 Å². The van der Waals surface area contributed by atoms with Gasteiger partial charge in [-0.05, 0) is 36.8 Å². The van der Waals surface area contributed by atoms with E-state index in [0.29, 0.717) is 28.3 Å². The van der Waals surface area contributed by atoms with Gasteiger partial charge in [-0.1, -0.05) is 35.9 Å². The number of aromatic amines is 1. The SMILES string of the molecule is Cc1[nH]n2c(=O)cc(-c3ccc(C(F)(F)F)cc3)nc2c1Cc1ccc(Cl)cc1. The Hall–Kier alpha value is -3.06. The van der Waals surface area contributed by atoms with Crippen molar-refractivity contribution >= 4 is 17.2 Å². The Labute approximate surface area is 168 Å². The zero-order valence-corrected chi connectivity index (χ0v) is 16.0. The van der Waals surface area contributed by atoms with Crippen molar-refractivity contribution in [2.24, 2.45) is 0 Å². The Balaban J connectivity index is 1.79. The Morgan fingerprint density at radius 3 is 2.34 bits per heavy atom. The zero-order valence-electron chi connectivity index (χ0n) is 15.2. The topological polar surface area (TPSA) is 50.2 Å². The summed E-state index contributed by atoms with van der Waals surface area (Å²) in [6.45, 7) is 1.84. The molecular formula is C21H15ClF3N3O. The number of benzene rings is 2. The predicted molar refractivity (Wildman–Crippen MR) is 105 cm³/mol. The second kappa shape index (κ2) is 7.08. The molecule has 4 rings (SSSR count). The summed E-state index contributed by atoms with van der Waals surface area (Å²) in [4.78, 5) is 17.1. The van der Waals surface area contributed by atoms with Crippen LogP contribution in [0.25, 0.3) is 16.9 Å². The Kier molecular flexibility index (Phi) is 4.70. The number of aryl methyl sites for hydroxylation is 1. The molecule has 0 aliphatic rings. The first kappa shape index (κ1) is 19.3. The van der Waals surface area contributed by atoms with Crippen LogP contribution in [0.5, 0.6) is 0 Å². The van der Waals surface area contributed by atoms with Gasteiger partial charge in [0.1, 0.15) is 0 Å². The first-order chi connectivity index (χ1) is 13.7. The molecule has 0 saturated heterocycles. The number of nitrogens with one attached hydrogen (secondary N) is 1. The molecule has 0 atom stereocenters. The van der Waals surface area contributed by atoms with Crippen LogP contribution in [0.1, 0.15) is 22.4 Å². The number of alkyl halides is 3. The smallest absolute Gasteiger partial charge is 0.294 e. The first-order valence-corrected chi connectivity index (χ1v) is 9.13. The summed E-state index contributed by atoms with van der Waals surface area (Å²) in [5.74, 6) is 0. The van der Waals surface area contributed by atoms with Gasteiger partial charge in [0.2, 0.25) is 0 Å². The van der Waals surface area contributed by atoms with Gasteiger partial charge in [-0.25, -0.2) is 9.50 Å². The van der Waals surface area contributed by atoms with E-state index in [1.54, 1.807) is 12.1 Å².